The normalized spacial score (nSPS) is 18.5. The standard InChI is InChI=1S/C21H29F3/c1-2-3-4-5-6-7-8-17-9-11-18(12-10-17)19-13-15-20(16-14-19)21(22,23)24/h11,13-17H,2-10,12H2,1H3. The third kappa shape index (κ3) is 5.99. The van der Waals surface area contributed by atoms with Crippen LogP contribution in [0.5, 0.6) is 0 Å². The Balaban J connectivity index is 1.76. The van der Waals surface area contributed by atoms with E-state index in [9.17, 15) is 13.2 Å². The van der Waals surface area contributed by atoms with Crippen LogP contribution >= 0.6 is 0 Å². The molecule has 1 aromatic carbocycles. The van der Waals surface area contributed by atoms with Crippen molar-refractivity contribution in [1.82, 2.24) is 0 Å². The number of halogens is 3. The Morgan fingerprint density at radius 3 is 2.21 bits per heavy atom. The fraction of sp³-hybridized carbons (Fsp3) is 0.619. The van der Waals surface area contributed by atoms with Crippen LogP contribution in [0.25, 0.3) is 5.57 Å². The van der Waals surface area contributed by atoms with Gasteiger partial charge in [0.05, 0.1) is 5.56 Å². The predicted molar refractivity (Wildman–Crippen MR) is 94.8 cm³/mol. The Morgan fingerprint density at radius 1 is 0.958 bits per heavy atom. The van der Waals surface area contributed by atoms with Gasteiger partial charge in [-0.3, -0.25) is 0 Å². The Labute approximate surface area is 144 Å². The maximum atomic E-state index is 12.6. The highest BCUT2D eigenvalue weighted by Crippen LogP contribution is 2.35. The zero-order valence-electron chi connectivity index (χ0n) is 14.7. The second-order valence-electron chi connectivity index (χ2n) is 7.00. The monoisotopic (exact) mass is 338 g/mol. The summed E-state index contributed by atoms with van der Waals surface area (Å²) in [5.74, 6) is 0.759. The van der Waals surface area contributed by atoms with Crippen molar-refractivity contribution in [3.8, 4) is 0 Å². The average molecular weight is 338 g/mol. The Morgan fingerprint density at radius 2 is 1.62 bits per heavy atom. The van der Waals surface area contributed by atoms with E-state index >= 15 is 0 Å². The number of allylic oxidation sites excluding steroid dienone is 2. The molecule has 3 heteroatoms. The van der Waals surface area contributed by atoms with Crippen LogP contribution in [-0.2, 0) is 6.18 Å². The summed E-state index contributed by atoms with van der Waals surface area (Å²) < 4.78 is 37.8. The Hall–Kier alpha value is -1.25. The van der Waals surface area contributed by atoms with Gasteiger partial charge >= 0.3 is 6.18 Å². The van der Waals surface area contributed by atoms with Gasteiger partial charge < -0.3 is 0 Å². The molecular weight excluding hydrogens is 309 g/mol. The van der Waals surface area contributed by atoms with E-state index in [2.05, 4.69) is 13.0 Å². The molecule has 134 valence electrons. The van der Waals surface area contributed by atoms with E-state index in [1.54, 1.807) is 12.1 Å². The summed E-state index contributed by atoms with van der Waals surface area (Å²) in [5, 5.41) is 0. The van der Waals surface area contributed by atoms with Crippen molar-refractivity contribution in [2.45, 2.75) is 77.3 Å². The van der Waals surface area contributed by atoms with Crippen LogP contribution in [0.2, 0.25) is 0 Å². The lowest BCUT2D eigenvalue weighted by Crippen LogP contribution is -2.07. The molecule has 0 aromatic heterocycles. The van der Waals surface area contributed by atoms with Crippen LogP contribution in [0, 0.1) is 5.92 Å². The van der Waals surface area contributed by atoms with Gasteiger partial charge in [-0.1, -0.05) is 70.1 Å². The lowest BCUT2D eigenvalue weighted by atomic mass is 9.83. The largest absolute Gasteiger partial charge is 0.416 e. The molecule has 0 amide bonds. The minimum Gasteiger partial charge on any atom is -0.166 e. The van der Waals surface area contributed by atoms with Crippen LogP contribution in [0.15, 0.2) is 30.3 Å². The van der Waals surface area contributed by atoms with Crippen molar-refractivity contribution in [1.29, 1.82) is 0 Å². The highest BCUT2D eigenvalue weighted by atomic mass is 19.4. The molecule has 2 rings (SSSR count). The van der Waals surface area contributed by atoms with Crippen molar-refractivity contribution in [2.24, 2.45) is 5.92 Å². The van der Waals surface area contributed by atoms with Crippen molar-refractivity contribution in [2.75, 3.05) is 0 Å². The Bertz CT molecular complexity index is 511. The second kappa shape index (κ2) is 9.29. The molecule has 1 aliphatic rings. The van der Waals surface area contributed by atoms with Gasteiger partial charge in [0.25, 0.3) is 0 Å². The van der Waals surface area contributed by atoms with Crippen LogP contribution in [0.3, 0.4) is 0 Å². The van der Waals surface area contributed by atoms with Crippen molar-refractivity contribution in [3.63, 3.8) is 0 Å². The van der Waals surface area contributed by atoms with Gasteiger partial charge in [-0.2, -0.15) is 13.2 Å². The van der Waals surface area contributed by atoms with Crippen LogP contribution in [-0.4, -0.2) is 0 Å². The molecule has 0 bridgehead atoms. The lowest BCUT2D eigenvalue weighted by Gasteiger charge is -2.22. The minimum absolute atomic E-state index is 0.566. The van der Waals surface area contributed by atoms with Crippen molar-refractivity contribution < 1.29 is 13.2 Å². The quantitative estimate of drug-likeness (QED) is 0.427. The van der Waals surface area contributed by atoms with E-state index in [0.29, 0.717) is 0 Å². The van der Waals surface area contributed by atoms with Gasteiger partial charge in [0.2, 0.25) is 0 Å². The van der Waals surface area contributed by atoms with E-state index in [4.69, 9.17) is 0 Å². The molecule has 1 unspecified atom stereocenters. The number of unbranched alkanes of at least 4 members (excludes halogenated alkanes) is 5. The molecule has 0 saturated carbocycles. The van der Waals surface area contributed by atoms with Crippen molar-refractivity contribution in [3.05, 3.63) is 41.5 Å². The molecule has 0 radical (unpaired) electrons. The summed E-state index contributed by atoms with van der Waals surface area (Å²) in [4.78, 5) is 0. The third-order valence-corrected chi connectivity index (χ3v) is 5.07. The molecule has 1 aromatic rings. The summed E-state index contributed by atoms with van der Waals surface area (Å²) in [6, 6.07) is 5.61. The second-order valence-corrected chi connectivity index (χ2v) is 7.00. The van der Waals surface area contributed by atoms with E-state index < -0.39 is 11.7 Å². The Kier molecular flexibility index (Phi) is 7.39. The van der Waals surface area contributed by atoms with Gasteiger partial charge in [0.1, 0.15) is 0 Å². The third-order valence-electron chi connectivity index (χ3n) is 5.07. The molecular formula is C21H29F3. The molecule has 0 spiro atoms. The van der Waals surface area contributed by atoms with Gasteiger partial charge in [-0.05, 0) is 48.4 Å². The van der Waals surface area contributed by atoms with E-state index in [0.717, 1.165) is 24.3 Å². The molecule has 0 N–H and O–H groups in total. The topological polar surface area (TPSA) is 0 Å². The maximum absolute atomic E-state index is 12.6. The summed E-state index contributed by atoms with van der Waals surface area (Å²) in [7, 11) is 0. The molecule has 0 nitrogen and oxygen atoms in total. The average Bonchev–Trinajstić information content (AvgIpc) is 2.58. The van der Waals surface area contributed by atoms with E-state index in [-0.39, 0.29) is 0 Å². The van der Waals surface area contributed by atoms with Crippen LogP contribution < -0.4 is 0 Å². The zero-order valence-corrected chi connectivity index (χ0v) is 14.7. The summed E-state index contributed by atoms with van der Waals surface area (Å²) in [5.41, 5.74) is 1.59. The first-order chi connectivity index (χ1) is 11.5. The summed E-state index contributed by atoms with van der Waals surface area (Å²) >= 11 is 0. The number of hydrogen-bond acceptors (Lipinski definition) is 0. The van der Waals surface area contributed by atoms with E-state index in [1.807, 2.05) is 0 Å². The molecule has 0 aliphatic heterocycles. The maximum Gasteiger partial charge on any atom is 0.416 e. The summed E-state index contributed by atoms with van der Waals surface area (Å²) in [6.45, 7) is 2.24. The van der Waals surface area contributed by atoms with Crippen LogP contribution in [0.4, 0.5) is 13.2 Å². The lowest BCUT2D eigenvalue weighted by molar-refractivity contribution is -0.137. The minimum atomic E-state index is -4.25. The fourth-order valence-electron chi connectivity index (χ4n) is 3.50. The van der Waals surface area contributed by atoms with Gasteiger partial charge in [0.15, 0.2) is 0 Å². The molecule has 0 saturated heterocycles. The van der Waals surface area contributed by atoms with Gasteiger partial charge in [-0.25, -0.2) is 0 Å². The number of benzene rings is 1. The number of rotatable bonds is 8. The highest BCUT2D eigenvalue weighted by molar-refractivity contribution is 5.66. The SMILES string of the molecule is CCCCCCCCC1CC=C(c2ccc(C(F)(F)F)cc2)CC1. The highest BCUT2D eigenvalue weighted by Gasteiger charge is 2.30. The first-order valence-corrected chi connectivity index (χ1v) is 9.37. The molecule has 0 heterocycles. The number of alkyl halides is 3. The van der Waals surface area contributed by atoms with Gasteiger partial charge in [-0.15, -0.1) is 0 Å². The molecule has 0 fully saturated rings. The molecule has 1 atom stereocenters. The van der Waals surface area contributed by atoms with Crippen molar-refractivity contribution >= 4 is 5.57 Å². The molecule has 24 heavy (non-hydrogen) atoms. The first kappa shape index (κ1) is 19.1. The number of hydrogen-bond donors (Lipinski definition) is 0. The zero-order chi connectivity index (χ0) is 17.4. The van der Waals surface area contributed by atoms with Gasteiger partial charge in [0, 0.05) is 0 Å². The van der Waals surface area contributed by atoms with Crippen LogP contribution in [0.1, 0.15) is 82.3 Å². The first-order valence-electron chi connectivity index (χ1n) is 9.37. The molecule has 1 aliphatic carbocycles. The summed E-state index contributed by atoms with van der Waals surface area (Å²) in [6.07, 6.45) is 10.5. The fourth-order valence-corrected chi connectivity index (χ4v) is 3.50. The smallest absolute Gasteiger partial charge is 0.166 e. The van der Waals surface area contributed by atoms with E-state index in [1.165, 1.54) is 69.1 Å². The predicted octanol–water partition coefficient (Wildman–Crippen LogP) is 7.64.